The molecular formula is C24H53N3. The van der Waals surface area contributed by atoms with Gasteiger partial charge in [-0.05, 0) is 51.2 Å². The maximum absolute atomic E-state index is 6.61. The van der Waals surface area contributed by atoms with E-state index >= 15 is 0 Å². The van der Waals surface area contributed by atoms with Gasteiger partial charge in [-0.3, -0.25) is 0 Å². The van der Waals surface area contributed by atoms with Crippen LogP contribution < -0.4 is 16.8 Å². The lowest BCUT2D eigenvalue weighted by Gasteiger charge is -2.24. The summed E-state index contributed by atoms with van der Waals surface area (Å²) in [7, 11) is 0. The van der Waals surface area contributed by atoms with Crippen LogP contribution in [0.3, 0.4) is 0 Å². The molecule has 2 unspecified atom stereocenters. The minimum absolute atomic E-state index is 0.367. The summed E-state index contributed by atoms with van der Waals surface area (Å²) in [5.74, 6) is 0.725. The van der Waals surface area contributed by atoms with Gasteiger partial charge in [-0.15, -0.1) is 0 Å². The Hall–Kier alpha value is -0.120. The lowest BCUT2D eigenvalue weighted by atomic mass is 9.87. The summed E-state index contributed by atoms with van der Waals surface area (Å²) in [5, 5.41) is 3.50. The van der Waals surface area contributed by atoms with E-state index in [-0.39, 0.29) is 0 Å². The first-order chi connectivity index (χ1) is 13.3. The van der Waals surface area contributed by atoms with Gasteiger partial charge in [0.05, 0.1) is 0 Å². The average molecular weight is 384 g/mol. The molecule has 0 bridgehead atoms. The molecule has 0 rings (SSSR count). The Morgan fingerprint density at radius 3 is 1.56 bits per heavy atom. The second kappa shape index (κ2) is 22.2. The van der Waals surface area contributed by atoms with Crippen LogP contribution in [0.5, 0.6) is 0 Å². The minimum Gasteiger partial charge on any atom is -0.330 e. The van der Waals surface area contributed by atoms with Crippen molar-refractivity contribution in [1.29, 1.82) is 0 Å². The van der Waals surface area contributed by atoms with Crippen molar-refractivity contribution in [3.8, 4) is 0 Å². The van der Waals surface area contributed by atoms with E-state index in [1.807, 2.05) is 0 Å². The van der Waals surface area contributed by atoms with Crippen LogP contribution in [0.15, 0.2) is 0 Å². The molecule has 0 aromatic heterocycles. The van der Waals surface area contributed by atoms with E-state index in [1.165, 1.54) is 96.3 Å². The van der Waals surface area contributed by atoms with E-state index in [9.17, 15) is 0 Å². The molecule has 0 aliphatic carbocycles. The van der Waals surface area contributed by atoms with E-state index < -0.39 is 0 Å². The van der Waals surface area contributed by atoms with E-state index in [1.54, 1.807) is 0 Å². The number of nitrogens with one attached hydrogen (secondary N) is 1. The first-order valence-electron chi connectivity index (χ1n) is 12.4. The van der Waals surface area contributed by atoms with Crippen LogP contribution in [0.1, 0.15) is 123 Å². The highest BCUT2D eigenvalue weighted by molar-refractivity contribution is 4.74. The van der Waals surface area contributed by atoms with Gasteiger partial charge < -0.3 is 16.8 Å². The van der Waals surface area contributed by atoms with Crippen molar-refractivity contribution >= 4 is 0 Å². The Labute approximate surface area is 171 Å². The Morgan fingerprint density at radius 1 is 0.593 bits per heavy atom. The Bertz CT molecular complexity index is 270. The van der Waals surface area contributed by atoms with Crippen molar-refractivity contribution in [3.63, 3.8) is 0 Å². The van der Waals surface area contributed by atoms with Crippen molar-refractivity contribution in [2.24, 2.45) is 17.4 Å². The fourth-order valence-corrected chi connectivity index (χ4v) is 3.98. The third-order valence-electron chi connectivity index (χ3n) is 5.92. The summed E-state index contributed by atoms with van der Waals surface area (Å²) < 4.78 is 0. The van der Waals surface area contributed by atoms with Crippen molar-refractivity contribution in [2.45, 2.75) is 129 Å². The molecule has 0 aliphatic rings. The summed E-state index contributed by atoms with van der Waals surface area (Å²) in [6.07, 6.45) is 23.0. The number of hydrogen-bond acceptors (Lipinski definition) is 3. The molecule has 0 aromatic carbocycles. The van der Waals surface area contributed by atoms with E-state index in [0.717, 1.165) is 38.4 Å². The molecular weight excluding hydrogens is 330 g/mol. The highest BCUT2D eigenvalue weighted by Gasteiger charge is 2.17. The molecule has 0 amide bonds. The Balaban J connectivity index is 4.00. The van der Waals surface area contributed by atoms with Crippen LogP contribution >= 0.6 is 0 Å². The first kappa shape index (κ1) is 26.9. The molecule has 0 saturated carbocycles. The van der Waals surface area contributed by atoms with Gasteiger partial charge in [0.2, 0.25) is 0 Å². The molecule has 0 spiro atoms. The summed E-state index contributed by atoms with van der Waals surface area (Å²) in [6, 6.07) is 0.367. The van der Waals surface area contributed by atoms with Gasteiger partial charge >= 0.3 is 0 Å². The van der Waals surface area contributed by atoms with Gasteiger partial charge in [0.25, 0.3) is 0 Å². The van der Waals surface area contributed by atoms with Crippen LogP contribution in [0.4, 0.5) is 0 Å². The molecule has 3 heteroatoms. The highest BCUT2D eigenvalue weighted by Crippen LogP contribution is 2.23. The lowest BCUT2D eigenvalue weighted by molar-refractivity contribution is 0.325. The van der Waals surface area contributed by atoms with Gasteiger partial charge in [0.15, 0.2) is 0 Å². The van der Waals surface area contributed by atoms with Crippen LogP contribution in [-0.4, -0.2) is 25.7 Å². The summed E-state index contributed by atoms with van der Waals surface area (Å²) in [5.41, 5.74) is 12.2. The predicted molar refractivity (Wildman–Crippen MR) is 123 cm³/mol. The van der Waals surface area contributed by atoms with Gasteiger partial charge in [-0.1, -0.05) is 97.3 Å². The van der Waals surface area contributed by atoms with Crippen LogP contribution in [0.2, 0.25) is 0 Å². The molecule has 27 heavy (non-hydrogen) atoms. The standard InChI is InChI=1S/C24H53N3/c1-3-5-7-9-11-13-15-18-23(17-14-12-10-8-6-4-2)24(26)19-22-27-21-16-20-25/h23-24,27H,3-22,25-26H2,1-2H3. The van der Waals surface area contributed by atoms with Gasteiger partial charge in [0.1, 0.15) is 0 Å². The summed E-state index contributed by atoms with van der Waals surface area (Å²) >= 11 is 0. The maximum atomic E-state index is 6.61. The highest BCUT2D eigenvalue weighted by atomic mass is 14.9. The first-order valence-corrected chi connectivity index (χ1v) is 12.4. The number of rotatable bonds is 22. The smallest absolute Gasteiger partial charge is 0.00792 e. The molecule has 0 fully saturated rings. The monoisotopic (exact) mass is 383 g/mol. The van der Waals surface area contributed by atoms with E-state index in [2.05, 4.69) is 19.2 Å². The van der Waals surface area contributed by atoms with Crippen molar-refractivity contribution in [3.05, 3.63) is 0 Å². The average Bonchev–Trinajstić information content (AvgIpc) is 2.67. The molecule has 164 valence electrons. The molecule has 0 radical (unpaired) electrons. The predicted octanol–water partition coefficient (Wildman–Crippen LogP) is 6.15. The molecule has 0 aliphatic heterocycles. The Kier molecular flexibility index (Phi) is 22.1. The summed E-state index contributed by atoms with van der Waals surface area (Å²) in [6.45, 7) is 7.43. The third kappa shape index (κ3) is 19.0. The molecule has 0 saturated heterocycles. The SMILES string of the molecule is CCCCCCCCCC(CCCCCCCC)C(N)CCNCCCN. The molecule has 2 atom stereocenters. The normalized spacial score (nSPS) is 13.8. The molecule has 3 nitrogen and oxygen atoms in total. The van der Waals surface area contributed by atoms with E-state index in [4.69, 9.17) is 11.5 Å². The maximum Gasteiger partial charge on any atom is 0.00792 e. The fourth-order valence-electron chi connectivity index (χ4n) is 3.98. The van der Waals surface area contributed by atoms with Gasteiger partial charge in [-0.2, -0.15) is 0 Å². The van der Waals surface area contributed by atoms with Crippen LogP contribution in [0, 0.1) is 5.92 Å². The second-order valence-corrected chi connectivity index (χ2v) is 8.57. The van der Waals surface area contributed by atoms with Gasteiger partial charge in [0, 0.05) is 6.04 Å². The zero-order valence-corrected chi connectivity index (χ0v) is 19.0. The van der Waals surface area contributed by atoms with Crippen molar-refractivity contribution in [1.82, 2.24) is 5.32 Å². The molecule has 5 N–H and O–H groups in total. The largest absolute Gasteiger partial charge is 0.330 e. The zero-order valence-electron chi connectivity index (χ0n) is 19.0. The second-order valence-electron chi connectivity index (χ2n) is 8.57. The van der Waals surface area contributed by atoms with Crippen LogP contribution in [0.25, 0.3) is 0 Å². The lowest BCUT2D eigenvalue weighted by Crippen LogP contribution is -2.34. The molecule has 0 heterocycles. The van der Waals surface area contributed by atoms with Crippen molar-refractivity contribution < 1.29 is 0 Å². The van der Waals surface area contributed by atoms with Crippen molar-refractivity contribution in [2.75, 3.05) is 19.6 Å². The summed E-state index contributed by atoms with van der Waals surface area (Å²) in [4.78, 5) is 0. The van der Waals surface area contributed by atoms with Gasteiger partial charge in [-0.25, -0.2) is 0 Å². The molecule has 0 aromatic rings. The number of hydrogen-bond donors (Lipinski definition) is 3. The quantitative estimate of drug-likeness (QED) is 0.196. The zero-order chi connectivity index (χ0) is 20.0. The van der Waals surface area contributed by atoms with Crippen LogP contribution in [-0.2, 0) is 0 Å². The topological polar surface area (TPSA) is 64.1 Å². The number of nitrogens with two attached hydrogens (primary N) is 2. The fraction of sp³-hybridized carbons (Fsp3) is 1.00. The third-order valence-corrected chi connectivity index (χ3v) is 5.92. The van der Waals surface area contributed by atoms with E-state index in [0.29, 0.717) is 6.04 Å². The minimum atomic E-state index is 0.367. The number of unbranched alkanes of at least 4 members (excludes halogenated alkanes) is 11. The Morgan fingerprint density at radius 2 is 1.07 bits per heavy atom.